The van der Waals surface area contributed by atoms with Crippen LogP contribution in [0.15, 0.2) is 42.5 Å². The van der Waals surface area contributed by atoms with Crippen molar-refractivity contribution in [3.63, 3.8) is 0 Å². The van der Waals surface area contributed by atoms with E-state index in [2.05, 4.69) is 52.5 Å². The summed E-state index contributed by atoms with van der Waals surface area (Å²) >= 11 is 0. The van der Waals surface area contributed by atoms with Crippen LogP contribution in [0, 0.1) is 11.3 Å². The molecule has 7 heteroatoms. The molecule has 0 saturated carbocycles. The number of hydrogen-bond acceptors (Lipinski definition) is 7. The zero-order valence-corrected chi connectivity index (χ0v) is 19.5. The maximum absolute atomic E-state index is 9.34. The van der Waals surface area contributed by atoms with Crippen molar-refractivity contribution in [3.8, 4) is 23.1 Å². The maximum atomic E-state index is 9.34. The van der Waals surface area contributed by atoms with Crippen LogP contribution in [0.2, 0.25) is 0 Å². The van der Waals surface area contributed by atoms with Crippen molar-refractivity contribution >= 4 is 16.6 Å². The Balaban J connectivity index is 1.69. The first kappa shape index (κ1) is 23.0. The molecule has 0 spiro atoms. The van der Waals surface area contributed by atoms with E-state index in [9.17, 15) is 5.26 Å². The highest BCUT2D eigenvalue weighted by atomic mass is 16.7. The lowest BCUT2D eigenvalue weighted by molar-refractivity contribution is 0.0227. The Hall–Kier alpha value is -3.21. The zero-order valence-electron chi connectivity index (χ0n) is 19.5. The average molecular weight is 446 g/mol. The number of nitrogens with one attached hydrogen (secondary N) is 1. The van der Waals surface area contributed by atoms with Crippen LogP contribution in [0.1, 0.15) is 39.2 Å². The number of piperidine rings is 1. The van der Waals surface area contributed by atoms with Crippen molar-refractivity contribution in [1.29, 1.82) is 5.26 Å². The number of nitrogens with zero attached hydrogens (tertiary/aromatic N) is 4. The van der Waals surface area contributed by atoms with Crippen molar-refractivity contribution in [2.24, 2.45) is 0 Å². The summed E-state index contributed by atoms with van der Waals surface area (Å²) < 4.78 is 11.2. The van der Waals surface area contributed by atoms with Gasteiger partial charge in [-0.3, -0.25) is 4.90 Å². The van der Waals surface area contributed by atoms with E-state index in [1.807, 2.05) is 25.1 Å². The van der Waals surface area contributed by atoms with Gasteiger partial charge >= 0.3 is 0 Å². The van der Waals surface area contributed by atoms with E-state index in [0.717, 1.165) is 47.4 Å². The summed E-state index contributed by atoms with van der Waals surface area (Å²) in [7, 11) is 0. The third-order valence-electron chi connectivity index (χ3n) is 6.08. The highest BCUT2D eigenvalue weighted by molar-refractivity contribution is 6.01. The predicted molar refractivity (Wildman–Crippen MR) is 130 cm³/mol. The third kappa shape index (κ3) is 5.24. The molecule has 33 heavy (non-hydrogen) atoms. The fourth-order valence-corrected chi connectivity index (χ4v) is 4.29. The van der Waals surface area contributed by atoms with Crippen LogP contribution in [-0.4, -0.2) is 53.7 Å². The molecule has 7 nitrogen and oxygen atoms in total. The molecule has 4 rings (SSSR count). The molecule has 1 aliphatic rings. The number of likely N-dealkylation sites (tertiary alicyclic amines) is 1. The minimum absolute atomic E-state index is 0.109. The van der Waals surface area contributed by atoms with Gasteiger partial charge in [0, 0.05) is 41.6 Å². The van der Waals surface area contributed by atoms with Crippen LogP contribution < -0.4 is 10.1 Å². The fraction of sp³-hybridized carbons (Fsp3) is 0.423. The van der Waals surface area contributed by atoms with Crippen LogP contribution in [0.4, 0.5) is 5.82 Å². The van der Waals surface area contributed by atoms with Gasteiger partial charge in [0.1, 0.15) is 11.4 Å². The normalized spacial score (nSPS) is 16.6. The highest BCUT2D eigenvalue weighted by Gasteiger charge is 2.23. The van der Waals surface area contributed by atoms with Crippen molar-refractivity contribution in [2.75, 3.05) is 31.8 Å². The first-order chi connectivity index (χ1) is 16.1. The second-order valence-corrected chi connectivity index (χ2v) is 8.59. The number of rotatable bonds is 8. The molecule has 2 aromatic carbocycles. The largest absolute Gasteiger partial charge is 0.467 e. The number of hydrogen-bond donors (Lipinski definition) is 1. The van der Waals surface area contributed by atoms with Gasteiger partial charge in [0.25, 0.3) is 0 Å². The average Bonchev–Trinajstić information content (AvgIpc) is 2.85. The molecular formula is C26H31N5O2. The standard InChI is InChI=1S/C26H31N5O2/c1-4-32-17-33-24-14-19(15-27)11-12-23(24)25-21-9-5-6-10-22(21)26(30-29-25)28-20-8-7-13-31(16-20)18(2)3/h5-6,9-12,14,18,20H,4,7-8,13,16-17H2,1-3H3,(H,28,30)/t20-/m1/s1. The molecule has 1 aromatic heterocycles. The van der Waals surface area contributed by atoms with Gasteiger partial charge in [-0.1, -0.05) is 24.3 Å². The fourth-order valence-electron chi connectivity index (χ4n) is 4.29. The Morgan fingerprint density at radius 2 is 2.00 bits per heavy atom. The molecule has 3 aromatic rings. The molecule has 1 saturated heterocycles. The highest BCUT2D eigenvalue weighted by Crippen LogP contribution is 2.36. The maximum Gasteiger partial charge on any atom is 0.189 e. The van der Waals surface area contributed by atoms with Gasteiger partial charge in [-0.2, -0.15) is 5.26 Å². The van der Waals surface area contributed by atoms with Crippen LogP contribution >= 0.6 is 0 Å². The molecule has 1 atom stereocenters. The summed E-state index contributed by atoms with van der Waals surface area (Å²) in [5.74, 6) is 1.36. The van der Waals surface area contributed by atoms with Crippen molar-refractivity contribution < 1.29 is 9.47 Å². The van der Waals surface area contributed by atoms with Crippen LogP contribution in [0.5, 0.6) is 5.75 Å². The van der Waals surface area contributed by atoms with Crippen LogP contribution in [-0.2, 0) is 4.74 Å². The van der Waals surface area contributed by atoms with Gasteiger partial charge < -0.3 is 14.8 Å². The molecule has 0 amide bonds. The van der Waals surface area contributed by atoms with Crippen LogP contribution in [0.3, 0.4) is 0 Å². The summed E-state index contributed by atoms with van der Waals surface area (Å²) in [4.78, 5) is 2.50. The molecule has 0 aliphatic carbocycles. The Bertz CT molecular complexity index is 1140. The molecular weight excluding hydrogens is 414 g/mol. The van der Waals surface area contributed by atoms with E-state index >= 15 is 0 Å². The minimum Gasteiger partial charge on any atom is -0.467 e. The Morgan fingerprint density at radius 3 is 2.76 bits per heavy atom. The second-order valence-electron chi connectivity index (χ2n) is 8.59. The summed E-state index contributed by atoms with van der Waals surface area (Å²) in [6.45, 7) is 9.20. The predicted octanol–water partition coefficient (Wildman–Crippen LogP) is 4.83. The Morgan fingerprint density at radius 1 is 1.18 bits per heavy atom. The van der Waals surface area contributed by atoms with Gasteiger partial charge in [0.05, 0.1) is 11.6 Å². The number of ether oxygens (including phenoxy) is 2. The topological polar surface area (TPSA) is 83.3 Å². The lowest BCUT2D eigenvalue weighted by Crippen LogP contribution is -2.45. The van der Waals surface area contributed by atoms with E-state index in [0.29, 0.717) is 30.0 Å². The van der Waals surface area contributed by atoms with E-state index in [1.54, 1.807) is 12.1 Å². The van der Waals surface area contributed by atoms with E-state index in [-0.39, 0.29) is 6.79 Å². The minimum atomic E-state index is 0.109. The van der Waals surface area contributed by atoms with Gasteiger partial charge in [-0.25, -0.2) is 0 Å². The number of fused-ring (bicyclic) bond motifs is 1. The zero-order chi connectivity index (χ0) is 23.2. The Kier molecular flexibility index (Phi) is 7.38. The lowest BCUT2D eigenvalue weighted by Gasteiger charge is -2.36. The van der Waals surface area contributed by atoms with Crippen molar-refractivity contribution in [2.45, 2.75) is 45.7 Å². The SMILES string of the molecule is CCOCOc1cc(C#N)ccc1-c1nnc(N[C@@H]2CCCN(C(C)C)C2)c2ccccc12. The summed E-state index contributed by atoms with van der Waals surface area (Å²) in [5.41, 5.74) is 2.03. The van der Waals surface area contributed by atoms with Gasteiger partial charge in [-0.15, -0.1) is 10.2 Å². The smallest absolute Gasteiger partial charge is 0.189 e. The number of nitriles is 1. The van der Waals surface area contributed by atoms with E-state index < -0.39 is 0 Å². The van der Waals surface area contributed by atoms with Gasteiger partial charge in [0.2, 0.25) is 0 Å². The number of anilines is 1. The molecule has 1 fully saturated rings. The van der Waals surface area contributed by atoms with E-state index in [1.165, 1.54) is 6.42 Å². The van der Waals surface area contributed by atoms with E-state index in [4.69, 9.17) is 9.47 Å². The quantitative estimate of drug-likeness (QED) is 0.393. The first-order valence-electron chi connectivity index (χ1n) is 11.6. The third-order valence-corrected chi connectivity index (χ3v) is 6.08. The van der Waals surface area contributed by atoms with Crippen molar-refractivity contribution in [1.82, 2.24) is 15.1 Å². The summed E-state index contributed by atoms with van der Waals surface area (Å²) in [5, 5.41) is 24.2. The monoisotopic (exact) mass is 445 g/mol. The molecule has 2 heterocycles. The van der Waals surface area contributed by atoms with Gasteiger partial charge in [-0.05, 0) is 58.4 Å². The number of aromatic nitrogens is 2. The first-order valence-corrected chi connectivity index (χ1v) is 11.6. The Labute approximate surface area is 195 Å². The number of benzene rings is 2. The van der Waals surface area contributed by atoms with Crippen LogP contribution in [0.25, 0.3) is 22.0 Å². The summed E-state index contributed by atoms with van der Waals surface area (Å²) in [6.07, 6.45) is 2.29. The molecule has 172 valence electrons. The molecule has 0 bridgehead atoms. The lowest BCUT2D eigenvalue weighted by atomic mass is 10.0. The summed E-state index contributed by atoms with van der Waals surface area (Å²) in [6, 6.07) is 16.5. The molecule has 0 unspecified atom stereocenters. The van der Waals surface area contributed by atoms with Gasteiger partial charge in [0.15, 0.2) is 12.6 Å². The molecule has 0 radical (unpaired) electrons. The second kappa shape index (κ2) is 10.6. The molecule has 1 aliphatic heterocycles. The molecule has 1 N–H and O–H groups in total. The van der Waals surface area contributed by atoms with Crippen molar-refractivity contribution in [3.05, 3.63) is 48.0 Å².